The highest BCUT2D eigenvalue weighted by Crippen LogP contribution is 2.33. The topological polar surface area (TPSA) is 140 Å². The fraction of sp³-hybridized carbons (Fsp3) is 0.524. The van der Waals surface area contributed by atoms with Crippen molar-refractivity contribution < 1.29 is 31.8 Å². The molecule has 1 aromatic heterocycles. The molecule has 3 atom stereocenters. The van der Waals surface area contributed by atoms with Gasteiger partial charge in [0.25, 0.3) is 0 Å². The molecule has 0 aliphatic carbocycles. The van der Waals surface area contributed by atoms with E-state index in [0.29, 0.717) is 12.2 Å². The number of aromatic nitrogens is 2. The standard InChI is InChI=1S/C21H27N3O8S/c1-3-4-7-12-30-17-13-19(23-11-10-22-21(23)24(26)27)32-18(17)14-31-33(28,29)20(25)16-9-6-5-8-15(16)2/h5-6,8-11,17-19H,3-4,7,12-14H2,1-2H3/t17-,18+,19-/m0/s1. The molecular weight excluding hydrogens is 454 g/mol. The van der Waals surface area contributed by atoms with E-state index in [4.69, 9.17) is 13.7 Å². The van der Waals surface area contributed by atoms with Crippen LogP contribution in [0.1, 0.15) is 54.8 Å². The Morgan fingerprint density at radius 1 is 1.33 bits per heavy atom. The van der Waals surface area contributed by atoms with Gasteiger partial charge in [-0.1, -0.05) is 42.9 Å². The molecule has 11 nitrogen and oxygen atoms in total. The summed E-state index contributed by atoms with van der Waals surface area (Å²) < 4.78 is 43.1. The first-order chi connectivity index (χ1) is 15.7. The van der Waals surface area contributed by atoms with Crippen LogP contribution in [0.3, 0.4) is 0 Å². The summed E-state index contributed by atoms with van der Waals surface area (Å²) in [6.07, 6.45) is 3.50. The average Bonchev–Trinajstić information content (AvgIpc) is 3.42. The Kier molecular flexibility index (Phi) is 8.30. The number of hydrogen-bond acceptors (Lipinski definition) is 9. The fourth-order valence-corrected chi connectivity index (χ4v) is 4.52. The number of benzene rings is 1. The lowest BCUT2D eigenvalue weighted by Crippen LogP contribution is -2.32. The van der Waals surface area contributed by atoms with E-state index in [2.05, 4.69) is 11.9 Å². The molecule has 3 rings (SSSR count). The summed E-state index contributed by atoms with van der Waals surface area (Å²) >= 11 is 0. The van der Waals surface area contributed by atoms with Crippen molar-refractivity contribution in [3.05, 3.63) is 57.9 Å². The van der Waals surface area contributed by atoms with Gasteiger partial charge in [0.2, 0.25) is 0 Å². The Labute approximate surface area is 191 Å². The summed E-state index contributed by atoms with van der Waals surface area (Å²) in [5.74, 6) is -0.395. The lowest BCUT2D eigenvalue weighted by atomic mass is 10.1. The highest BCUT2D eigenvalue weighted by molar-refractivity contribution is 8.02. The van der Waals surface area contributed by atoms with Crippen molar-refractivity contribution in [1.82, 2.24) is 9.55 Å². The second-order valence-corrected chi connectivity index (χ2v) is 9.23. The SMILES string of the molecule is CCCCCO[C@H]1C[C@@H](n2ccnc2[N+](=O)[O-])O[C@@H]1COS(=O)(=O)C(=O)c1ccccc1C. The van der Waals surface area contributed by atoms with Gasteiger partial charge in [-0.2, -0.15) is 8.42 Å². The van der Waals surface area contributed by atoms with Crippen molar-refractivity contribution in [2.75, 3.05) is 13.2 Å². The van der Waals surface area contributed by atoms with Gasteiger partial charge in [0.15, 0.2) is 6.23 Å². The van der Waals surface area contributed by atoms with Crippen molar-refractivity contribution in [3.8, 4) is 0 Å². The predicted octanol–water partition coefficient (Wildman–Crippen LogP) is 3.15. The molecule has 0 radical (unpaired) electrons. The summed E-state index contributed by atoms with van der Waals surface area (Å²) in [5.41, 5.74) is 0.542. The van der Waals surface area contributed by atoms with E-state index in [9.17, 15) is 23.3 Å². The van der Waals surface area contributed by atoms with Crippen LogP contribution in [0.25, 0.3) is 0 Å². The van der Waals surface area contributed by atoms with Gasteiger partial charge in [0.1, 0.15) is 18.5 Å². The largest absolute Gasteiger partial charge is 0.436 e. The molecule has 0 N–H and O–H groups in total. The van der Waals surface area contributed by atoms with E-state index >= 15 is 0 Å². The number of imidazole rings is 1. The molecule has 1 fully saturated rings. The van der Waals surface area contributed by atoms with Crippen LogP contribution in [-0.2, 0) is 23.8 Å². The summed E-state index contributed by atoms with van der Waals surface area (Å²) in [4.78, 5) is 26.8. The Morgan fingerprint density at radius 3 is 2.79 bits per heavy atom. The van der Waals surface area contributed by atoms with Crippen LogP contribution in [0, 0.1) is 17.0 Å². The van der Waals surface area contributed by atoms with Crippen LogP contribution in [-0.4, -0.2) is 53.4 Å². The van der Waals surface area contributed by atoms with Crippen molar-refractivity contribution in [3.63, 3.8) is 0 Å². The Bertz CT molecular complexity index is 1080. The van der Waals surface area contributed by atoms with Crippen molar-refractivity contribution >= 4 is 21.2 Å². The van der Waals surface area contributed by atoms with Crippen molar-refractivity contribution in [2.45, 2.75) is 58.0 Å². The minimum Gasteiger partial charge on any atom is -0.390 e. The van der Waals surface area contributed by atoms with Crippen LogP contribution >= 0.6 is 0 Å². The van der Waals surface area contributed by atoms with Gasteiger partial charge < -0.3 is 19.6 Å². The maximum Gasteiger partial charge on any atom is 0.436 e. The van der Waals surface area contributed by atoms with E-state index in [1.54, 1.807) is 25.1 Å². The molecule has 0 unspecified atom stereocenters. The van der Waals surface area contributed by atoms with Gasteiger partial charge in [-0.05, 0) is 29.9 Å². The van der Waals surface area contributed by atoms with Crippen molar-refractivity contribution in [2.24, 2.45) is 0 Å². The molecule has 1 saturated heterocycles. The molecule has 1 aliphatic rings. The molecule has 1 aromatic carbocycles. The minimum absolute atomic E-state index is 0.0316. The molecular formula is C21H27N3O8S. The zero-order valence-electron chi connectivity index (χ0n) is 18.5. The average molecular weight is 482 g/mol. The van der Waals surface area contributed by atoms with E-state index in [1.807, 2.05) is 0 Å². The van der Waals surface area contributed by atoms with Crippen LogP contribution in [0.15, 0.2) is 36.7 Å². The summed E-state index contributed by atoms with van der Waals surface area (Å²) in [7, 11) is -4.57. The lowest BCUT2D eigenvalue weighted by Gasteiger charge is -2.18. The molecule has 2 aromatic rings. The van der Waals surface area contributed by atoms with Crippen LogP contribution in [0.2, 0.25) is 0 Å². The van der Waals surface area contributed by atoms with E-state index in [-0.39, 0.29) is 12.0 Å². The number of ether oxygens (including phenoxy) is 2. The van der Waals surface area contributed by atoms with Gasteiger partial charge >= 0.3 is 21.2 Å². The smallest absolute Gasteiger partial charge is 0.390 e. The van der Waals surface area contributed by atoms with E-state index < -0.39 is 51.1 Å². The first kappa shape index (κ1) is 25.0. The second kappa shape index (κ2) is 11.0. The third-order valence-electron chi connectivity index (χ3n) is 5.36. The minimum atomic E-state index is -4.57. The van der Waals surface area contributed by atoms with E-state index in [0.717, 1.165) is 19.3 Å². The highest BCUT2D eigenvalue weighted by atomic mass is 32.2. The van der Waals surface area contributed by atoms with Gasteiger partial charge in [0, 0.05) is 18.6 Å². The van der Waals surface area contributed by atoms with Gasteiger partial charge in [-0.15, -0.1) is 0 Å². The fourth-order valence-electron chi connectivity index (χ4n) is 3.60. The van der Waals surface area contributed by atoms with Crippen LogP contribution < -0.4 is 0 Å². The zero-order chi connectivity index (χ0) is 24.0. The van der Waals surface area contributed by atoms with Gasteiger partial charge in [-0.3, -0.25) is 8.98 Å². The number of hydrogen-bond donors (Lipinski definition) is 0. The third kappa shape index (κ3) is 6.02. The number of unbranched alkanes of at least 4 members (excludes halogenated alkanes) is 2. The number of carbonyl (C=O) groups is 1. The number of aryl methyl sites for hydroxylation is 1. The molecule has 0 saturated carbocycles. The summed E-state index contributed by atoms with van der Waals surface area (Å²) in [5, 5.41) is 10.1. The summed E-state index contributed by atoms with van der Waals surface area (Å²) in [6, 6.07) is 6.31. The normalized spacial score (nSPS) is 20.7. The van der Waals surface area contributed by atoms with Crippen LogP contribution in [0.5, 0.6) is 0 Å². The number of rotatable bonds is 11. The first-order valence-corrected chi connectivity index (χ1v) is 12.1. The second-order valence-electron chi connectivity index (χ2n) is 7.71. The monoisotopic (exact) mass is 481 g/mol. The molecule has 0 spiro atoms. The molecule has 0 bridgehead atoms. The molecule has 2 heterocycles. The zero-order valence-corrected chi connectivity index (χ0v) is 19.3. The molecule has 0 amide bonds. The molecule has 33 heavy (non-hydrogen) atoms. The number of carbonyl (C=O) groups excluding carboxylic acids is 1. The quantitative estimate of drug-likeness (QED) is 0.205. The summed E-state index contributed by atoms with van der Waals surface area (Å²) in [6.45, 7) is 3.65. The predicted molar refractivity (Wildman–Crippen MR) is 117 cm³/mol. The highest BCUT2D eigenvalue weighted by Gasteiger charge is 2.42. The third-order valence-corrected chi connectivity index (χ3v) is 6.48. The van der Waals surface area contributed by atoms with Gasteiger partial charge in [0.05, 0.1) is 12.7 Å². The maximum absolute atomic E-state index is 12.5. The maximum atomic E-state index is 12.5. The Morgan fingerprint density at radius 2 is 2.09 bits per heavy atom. The Balaban J connectivity index is 1.72. The number of nitrogens with zero attached hydrogens (tertiary/aromatic N) is 3. The first-order valence-electron chi connectivity index (χ1n) is 10.7. The molecule has 180 valence electrons. The van der Waals surface area contributed by atoms with E-state index in [1.165, 1.54) is 23.0 Å². The number of nitro groups is 1. The lowest BCUT2D eigenvalue weighted by molar-refractivity contribution is -0.398. The van der Waals surface area contributed by atoms with Crippen molar-refractivity contribution in [1.29, 1.82) is 0 Å². The van der Waals surface area contributed by atoms with Gasteiger partial charge in [-0.25, -0.2) is 4.57 Å². The molecule has 12 heteroatoms. The van der Waals surface area contributed by atoms with Crippen LogP contribution in [0.4, 0.5) is 5.95 Å². The Hall–Kier alpha value is -2.67. The molecule has 1 aliphatic heterocycles.